The highest BCUT2D eigenvalue weighted by atomic mass is 16.5. The SMILES string of the molecule is COc1ccc(C2CN(C(=O)CC(C)(C)C)CC2C(=O)NCC2CC2)cc1. The van der Waals surface area contributed by atoms with Crippen molar-refractivity contribution in [1.29, 1.82) is 0 Å². The van der Waals surface area contributed by atoms with Crippen molar-refractivity contribution in [2.45, 2.75) is 46.0 Å². The van der Waals surface area contributed by atoms with Gasteiger partial charge in [0.25, 0.3) is 0 Å². The van der Waals surface area contributed by atoms with Crippen molar-refractivity contribution in [3.05, 3.63) is 29.8 Å². The van der Waals surface area contributed by atoms with Gasteiger partial charge >= 0.3 is 0 Å². The molecular weight excluding hydrogens is 340 g/mol. The maximum atomic E-state index is 12.9. The number of hydrogen-bond acceptors (Lipinski definition) is 3. The predicted octanol–water partition coefficient (Wildman–Crippen LogP) is 3.20. The summed E-state index contributed by atoms with van der Waals surface area (Å²) in [4.78, 5) is 27.5. The molecule has 2 amide bonds. The molecule has 1 aliphatic carbocycles. The zero-order chi connectivity index (χ0) is 19.6. The van der Waals surface area contributed by atoms with Gasteiger partial charge in [-0.1, -0.05) is 32.9 Å². The molecule has 3 rings (SSSR count). The quantitative estimate of drug-likeness (QED) is 0.834. The van der Waals surface area contributed by atoms with E-state index in [2.05, 4.69) is 26.1 Å². The summed E-state index contributed by atoms with van der Waals surface area (Å²) < 4.78 is 5.25. The lowest BCUT2D eigenvalue weighted by Crippen LogP contribution is -2.37. The predicted molar refractivity (Wildman–Crippen MR) is 106 cm³/mol. The number of ether oxygens (including phenoxy) is 1. The smallest absolute Gasteiger partial charge is 0.225 e. The maximum absolute atomic E-state index is 12.9. The molecule has 1 N–H and O–H groups in total. The third-order valence-corrected chi connectivity index (χ3v) is 5.50. The molecule has 0 radical (unpaired) electrons. The van der Waals surface area contributed by atoms with Crippen LogP contribution in [0.3, 0.4) is 0 Å². The minimum absolute atomic E-state index is 0.0269. The highest BCUT2D eigenvalue weighted by Crippen LogP contribution is 2.35. The summed E-state index contributed by atoms with van der Waals surface area (Å²) >= 11 is 0. The van der Waals surface area contributed by atoms with Gasteiger partial charge in [-0.05, 0) is 41.9 Å². The normalized spacial score (nSPS) is 22.6. The molecule has 27 heavy (non-hydrogen) atoms. The Bertz CT molecular complexity index is 674. The number of benzene rings is 1. The molecule has 0 spiro atoms. The molecule has 1 aromatic rings. The summed E-state index contributed by atoms with van der Waals surface area (Å²) in [6, 6.07) is 7.88. The number of hydrogen-bond donors (Lipinski definition) is 1. The van der Waals surface area contributed by atoms with E-state index in [1.165, 1.54) is 12.8 Å². The number of rotatable bonds is 6. The maximum Gasteiger partial charge on any atom is 0.225 e. The van der Waals surface area contributed by atoms with Crippen molar-refractivity contribution in [1.82, 2.24) is 10.2 Å². The van der Waals surface area contributed by atoms with Gasteiger partial charge in [0.05, 0.1) is 13.0 Å². The van der Waals surface area contributed by atoms with E-state index in [1.807, 2.05) is 29.2 Å². The number of methoxy groups -OCH3 is 1. The van der Waals surface area contributed by atoms with Crippen LogP contribution in [0.5, 0.6) is 5.75 Å². The molecule has 0 bridgehead atoms. The van der Waals surface area contributed by atoms with Crippen LogP contribution in [0, 0.1) is 17.3 Å². The first-order valence-electron chi connectivity index (χ1n) is 9.96. The van der Waals surface area contributed by atoms with Gasteiger partial charge in [-0.25, -0.2) is 0 Å². The van der Waals surface area contributed by atoms with Crippen LogP contribution in [0.15, 0.2) is 24.3 Å². The first-order chi connectivity index (χ1) is 12.8. The summed E-state index contributed by atoms with van der Waals surface area (Å²) in [5, 5.41) is 3.11. The molecule has 2 aliphatic rings. The Balaban J connectivity index is 1.75. The zero-order valence-electron chi connectivity index (χ0n) is 17.0. The molecule has 1 aliphatic heterocycles. The Hall–Kier alpha value is -2.04. The minimum atomic E-state index is -0.193. The fourth-order valence-corrected chi connectivity index (χ4v) is 3.73. The van der Waals surface area contributed by atoms with E-state index in [-0.39, 0.29) is 29.1 Å². The second-order valence-electron chi connectivity index (χ2n) is 9.21. The Labute approximate surface area is 162 Å². The van der Waals surface area contributed by atoms with E-state index in [9.17, 15) is 9.59 Å². The molecule has 5 nitrogen and oxygen atoms in total. The molecule has 2 fully saturated rings. The number of likely N-dealkylation sites (tertiary alicyclic amines) is 1. The fraction of sp³-hybridized carbons (Fsp3) is 0.636. The first-order valence-corrected chi connectivity index (χ1v) is 9.96. The number of carbonyl (C=O) groups is 2. The molecular formula is C22H32N2O3. The fourth-order valence-electron chi connectivity index (χ4n) is 3.73. The topological polar surface area (TPSA) is 58.6 Å². The molecule has 148 valence electrons. The largest absolute Gasteiger partial charge is 0.497 e. The molecule has 2 unspecified atom stereocenters. The Morgan fingerprint density at radius 2 is 1.81 bits per heavy atom. The van der Waals surface area contributed by atoms with Crippen LogP contribution in [0.1, 0.15) is 51.5 Å². The lowest BCUT2D eigenvalue weighted by molar-refractivity contribution is -0.132. The van der Waals surface area contributed by atoms with E-state index in [0.29, 0.717) is 25.4 Å². The molecule has 1 saturated carbocycles. The van der Waals surface area contributed by atoms with Crippen LogP contribution >= 0.6 is 0 Å². The molecule has 1 saturated heterocycles. The summed E-state index contributed by atoms with van der Waals surface area (Å²) in [5.74, 6) is 1.49. The van der Waals surface area contributed by atoms with Crippen molar-refractivity contribution in [2.24, 2.45) is 17.3 Å². The number of nitrogens with one attached hydrogen (secondary N) is 1. The number of carbonyl (C=O) groups excluding carboxylic acids is 2. The average Bonchev–Trinajstić information content (AvgIpc) is 3.34. The highest BCUT2D eigenvalue weighted by molar-refractivity contribution is 5.83. The second-order valence-corrected chi connectivity index (χ2v) is 9.21. The van der Waals surface area contributed by atoms with Gasteiger partial charge in [0.1, 0.15) is 5.75 Å². The Kier molecular flexibility index (Phi) is 5.78. The van der Waals surface area contributed by atoms with E-state index < -0.39 is 0 Å². The van der Waals surface area contributed by atoms with Crippen LogP contribution in [-0.2, 0) is 9.59 Å². The van der Waals surface area contributed by atoms with Crippen molar-refractivity contribution in [2.75, 3.05) is 26.7 Å². The zero-order valence-corrected chi connectivity index (χ0v) is 17.0. The average molecular weight is 373 g/mol. The summed E-state index contributed by atoms with van der Waals surface area (Å²) in [5.41, 5.74) is 1.03. The van der Waals surface area contributed by atoms with Gasteiger partial charge in [0, 0.05) is 32.0 Å². The highest BCUT2D eigenvalue weighted by Gasteiger charge is 2.41. The van der Waals surface area contributed by atoms with Crippen molar-refractivity contribution >= 4 is 11.8 Å². The second kappa shape index (κ2) is 7.91. The molecule has 5 heteroatoms. The van der Waals surface area contributed by atoms with Gasteiger partial charge in [0.15, 0.2) is 0 Å². The van der Waals surface area contributed by atoms with Crippen molar-refractivity contribution in [3.63, 3.8) is 0 Å². The van der Waals surface area contributed by atoms with Crippen LogP contribution in [0.25, 0.3) is 0 Å². The van der Waals surface area contributed by atoms with Gasteiger partial charge in [-0.2, -0.15) is 0 Å². The molecule has 2 atom stereocenters. The van der Waals surface area contributed by atoms with Crippen LogP contribution in [-0.4, -0.2) is 43.5 Å². The number of amides is 2. The van der Waals surface area contributed by atoms with Crippen LogP contribution in [0.4, 0.5) is 0 Å². The van der Waals surface area contributed by atoms with Crippen LogP contribution in [0.2, 0.25) is 0 Å². The van der Waals surface area contributed by atoms with Crippen molar-refractivity contribution in [3.8, 4) is 5.75 Å². The Morgan fingerprint density at radius 1 is 1.15 bits per heavy atom. The van der Waals surface area contributed by atoms with Crippen molar-refractivity contribution < 1.29 is 14.3 Å². The van der Waals surface area contributed by atoms with Gasteiger partial charge in [0.2, 0.25) is 11.8 Å². The lowest BCUT2D eigenvalue weighted by Gasteiger charge is -2.23. The number of nitrogens with zero attached hydrogens (tertiary/aromatic N) is 1. The first kappa shape index (κ1) is 19.7. The molecule has 1 heterocycles. The summed E-state index contributed by atoms with van der Waals surface area (Å²) in [7, 11) is 1.64. The minimum Gasteiger partial charge on any atom is -0.497 e. The van der Waals surface area contributed by atoms with E-state index in [1.54, 1.807) is 7.11 Å². The molecule has 0 aromatic heterocycles. The van der Waals surface area contributed by atoms with Gasteiger partial charge in [-0.3, -0.25) is 9.59 Å². The van der Waals surface area contributed by atoms with Gasteiger partial charge < -0.3 is 15.0 Å². The summed E-state index contributed by atoms with van der Waals surface area (Å²) in [6.45, 7) is 8.08. The third-order valence-electron chi connectivity index (χ3n) is 5.50. The standard InChI is InChI=1S/C22H32N2O3/c1-22(2,3)11-20(25)24-13-18(16-7-9-17(27-4)10-8-16)19(14-24)21(26)23-12-15-5-6-15/h7-10,15,18-19H,5-6,11-14H2,1-4H3,(H,23,26). The van der Waals surface area contributed by atoms with Gasteiger partial charge in [-0.15, -0.1) is 0 Å². The monoisotopic (exact) mass is 372 g/mol. The van der Waals surface area contributed by atoms with E-state index in [4.69, 9.17) is 4.74 Å². The van der Waals surface area contributed by atoms with Crippen LogP contribution < -0.4 is 10.1 Å². The molecule has 1 aromatic carbocycles. The van der Waals surface area contributed by atoms with E-state index >= 15 is 0 Å². The third kappa shape index (κ3) is 5.24. The Morgan fingerprint density at radius 3 is 2.37 bits per heavy atom. The lowest BCUT2D eigenvalue weighted by atomic mass is 9.88. The summed E-state index contributed by atoms with van der Waals surface area (Å²) in [6.07, 6.45) is 2.92. The van der Waals surface area contributed by atoms with E-state index in [0.717, 1.165) is 17.9 Å².